The number of aryl methyl sites for hydroxylation is 1. The summed E-state index contributed by atoms with van der Waals surface area (Å²) in [6.07, 6.45) is 3.81. The van der Waals surface area contributed by atoms with E-state index in [1.165, 1.54) is 0 Å². The molecule has 1 amide bonds. The predicted octanol–water partition coefficient (Wildman–Crippen LogP) is 0.954. The van der Waals surface area contributed by atoms with Crippen molar-refractivity contribution in [3.05, 3.63) is 53.3 Å². The van der Waals surface area contributed by atoms with Gasteiger partial charge in [0.15, 0.2) is 0 Å². The van der Waals surface area contributed by atoms with E-state index in [1.807, 2.05) is 43.7 Å². The van der Waals surface area contributed by atoms with Crippen LogP contribution in [0.5, 0.6) is 0 Å². The lowest BCUT2D eigenvalue weighted by Gasteiger charge is -2.17. The number of carbonyl (C=O) groups is 1. The molecule has 0 aliphatic carbocycles. The summed E-state index contributed by atoms with van der Waals surface area (Å²) in [6, 6.07) is 7.62. The van der Waals surface area contributed by atoms with Crippen molar-refractivity contribution in [1.82, 2.24) is 20.4 Å². The van der Waals surface area contributed by atoms with Crippen molar-refractivity contribution in [2.45, 2.75) is 19.1 Å². The zero-order chi connectivity index (χ0) is 16.2. The Balaban J connectivity index is 0.00000208. The van der Waals surface area contributed by atoms with Crippen molar-refractivity contribution in [2.75, 3.05) is 13.1 Å². The molecule has 1 fully saturated rings. The monoisotopic (exact) mass is 350 g/mol. The molecule has 1 aromatic heterocycles. The Hall–Kier alpha value is -1.89. The molecule has 0 bridgehead atoms. The molecule has 3 N–H and O–H groups in total. The summed E-state index contributed by atoms with van der Waals surface area (Å²) in [5.41, 5.74) is 2.95. The number of hydrogen-bond acceptors (Lipinski definition) is 4. The van der Waals surface area contributed by atoms with Crippen LogP contribution in [0.4, 0.5) is 0 Å². The molecule has 24 heavy (non-hydrogen) atoms. The van der Waals surface area contributed by atoms with Crippen LogP contribution >= 0.6 is 12.4 Å². The van der Waals surface area contributed by atoms with Gasteiger partial charge in [-0.25, -0.2) is 0 Å². The average molecular weight is 351 g/mol. The van der Waals surface area contributed by atoms with E-state index in [2.05, 4.69) is 15.7 Å². The van der Waals surface area contributed by atoms with Gasteiger partial charge < -0.3 is 15.7 Å². The average Bonchev–Trinajstić information content (AvgIpc) is 3.21. The lowest BCUT2D eigenvalue weighted by molar-refractivity contribution is -0.125. The smallest absolute Gasteiger partial charge is 0.225 e. The van der Waals surface area contributed by atoms with Gasteiger partial charge in [0.05, 0.1) is 18.7 Å². The molecule has 1 aliphatic heterocycles. The van der Waals surface area contributed by atoms with E-state index >= 15 is 0 Å². The number of aliphatic hydroxyl groups excluding tert-OH is 1. The minimum atomic E-state index is -0.0831. The second kappa shape index (κ2) is 8.28. The molecule has 130 valence electrons. The molecule has 1 saturated heterocycles. The number of amides is 1. The number of rotatable bonds is 5. The van der Waals surface area contributed by atoms with Crippen molar-refractivity contribution in [3.63, 3.8) is 0 Å². The van der Waals surface area contributed by atoms with Crippen molar-refractivity contribution in [1.29, 1.82) is 0 Å². The third-order valence-corrected chi connectivity index (χ3v) is 4.34. The summed E-state index contributed by atoms with van der Waals surface area (Å²) >= 11 is 0. The molecule has 2 aromatic rings. The summed E-state index contributed by atoms with van der Waals surface area (Å²) in [4.78, 5) is 12.5. The Labute approximate surface area is 147 Å². The standard InChI is InChI=1S/C17H22N4O2.ClH/c1-21-10-14(7-20-21)15-8-18-9-16(15)17(23)19-6-12-3-2-4-13(5-12)11-22;/h2-5,7,10,15-16,18,22H,6,8-9,11H2,1H3,(H,19,23);1H/t15-,16+;/m1./s1. The van der Waals surface area contributed by atoms with Gasteiger partial charge >= 0.3 is 0 Å². The molecular formula is C17H23ClN4O2. The van der Waals surface area contributed by atoms with Crippen molar-refractivity contribution in [2.24, 2.45) is 13.0 Å². The van der Waals surface area contributed by atoms with Crippen LogP contribution in [0.25, 0.3) is 0 Å². The molecule has 2 atom stereocenters. The summed E-state index contributed by atoms with van der Waals surface area (Å²) < 4.78 is 1.77. The van der Waals surface area contributed by atoms with Gasteiger partial charge in [-0.2, -0.15) is 5.10 Å². The van der Waals surface area contributed by atoms with E-state index in [-0.39, 0.29) is 36.8 Å². The summed E-state index contributed by atoms with van der Waals surface area (Å²) in [7, 11) is 1.88. The van der Waals surface area contributed by atoms with Crippen LogP contribution in [0.3, 0.4) is 0 Å². The maximum absolute atomic E-state index is 12.5. The minimum absolute atomic E-state index is 0. The van der Waals surface area contributed by atoms with Crippen LogP contribution in [0.1, 0.15) is 22.6 Å². The van der Waals surface area contributed by atoms with Crippen molar-refractivity contribution >= 4 is 18.3 Å². The number of hydrogen-bond donors (Lipinski definition) is 3. The summed E-state index contributed by atoms with van der Waals surface area (Å²) in [6.45, 7) is 1.96. The number of nitrogens with zero attached hydrogens (tertiary/aromatic N) is 2. The van der Waals surface area contributed by atoms with Crippen LogP contribution in [0, 0.1) is 5.92 Å². The largest absolute Gasteiger partial charge is 0.392 e. The Kier molecular flexibility index (Phi) is 6.36. The molecule has 1 aromatic carbocycles. The van der Waals surface area contributed by atoms with E-state index in [0.29, 0.717) is 13.1 Å². The fourth-order valence-electron chi connectivity index (χ4n) is 3.09. The molecule has 0 radical (unpaired) electrons. The van der Waals surface area contributed by atoms with E-state index in [4.69, 9.17) is 0 Å². The lowest BCUT2D eigenvalue weighted by Crippen LogP contribution is -2.33. The number of aliphatic hydroxyl groups is 1. The molecule has 3 rings (SSSR count). The second-order valence-electron chi connectivity index (χ2n) is 6.01. The molecule has 1 aliphatic rings. The second-order valence-corrected chi connectivity index (χ2v) is 6.01. The van der Waals surface area contributed by atoms with Crippen LogP contribution < -0.4 is 10.6 Å². The maximum atomic E-state index is 12.5. The highest BCUT2D eigenvalue weighted by atomic mass is 35.5. The van der Waals surface area contributed by atoms with Crippen molar-refractivity contribution < 1.29 is 9.90 Å². The zero-order valence-corrected chi connectivity index (χ0v) is 14.4. The highest BCUT2D eigenvalue weighted by molar-refractivity contribution is 5.85. The van der Waals surface area contributed by atoms with Gasteiger partial charge in [-0.1, -0.05) is 24.3 Å². The predicted molar refractivity (Wildman–Crippen MR) is 93.8 cm³/mol. The third kappa shape index (κ3) is 4.14. The first-order valence-corrected chi connectivity index (χ1v) is 7.83. The molecule has 0 spiro atoms. The molecular weight excluding hydrogens is 328 g/mol. The van der Waals surface area contributed by atoms with Crippen LogP contribution in [0.2, 0.25) is 0 Å². The Bertz CT molecular complexity index is 689. The fraction of sp³-hybridized carbons (Fsp3) is 0.412. The quantitative estimate of drug-likeness (QED) is 0.750. The first kappa shape index (κ1) is 18.4. The molecule has 2 heterocycles. The topological polar surface area (TPSA) is 79.2 Å². The normalized spacial score (nSPS) is 19.8. The summed E-state index contributed by atoms with van der Waals surface area (Å²) in [5.74, 6) is 0.131. The Morgan fingerprint density at radius 1 is 1.42 bits per heavy atom. The fourth-order valence-corrected chi connectivity index (χ4v) is 3.09. The lowest BCUT2D eigenvalue weighted by atomic mass is 9.90. The van der Waals surface area contributed by atoms with Crippen molar-refractivity contribution in [3.8, 4) is 0 Å². The summed E-state index contributed by atoms with van der Waals surface area (Å²) in [5, 5.41) is 19.7. The molecule has 6 nitrogen and oxygen atoms in total. The number of halogens is 1. The maximum Gasteiger partial charge on any atom is 0.225 e. The van der Waals surface area contributed by atoms with Gasteiger partial charge in [0.1, 0.15) is 0 Å². The first-order chi connectivity index (χ1) is 11.2. The van der Waals surface area contributed by atoms with Gasteiger partial charge in [0.2, 0.25) is 5.91 Å². The van der Waals surface area contributed by atoms with Gasteiger partial charge in [0, 0.05) is 38.8 Å². The van der Waals surface area contributed by atoms with Gasteiger partial charge in [-0.15, -0.1) is 12.4 Å². The number of carbonyl (C=O) groups excluding carboxylic acids is 1. The Morgan fingerprint density at radius 2 is 2.21 bits per heavy atom. The van der Waals surface area contributed by atoms with Gasteiger partial charge in [-0.05, 0) is 16.7 Å². The van der Waals surface area contributed by atoms with E-state index in [1.54, 1.807) is 4.68 Å². The van der Waals surface area contributed by atoms with Crippen LogP contribution in [-0.4, -0.2) is 33.9 Å². The number of aromatic nitrogens is 2. The highest BCUT2D eigenvalue weighted by Gasteiger charge is 2.34. The minimum Gasteiger partial charge on any atom is -0.392 e. The SMILES string of the molecule is Cl.Cn1cc([C@H]2CNC[C@@H]2C(=O)NCc2cccc(CO)c2)cn1. The Morgan fingerprint density at radius 3 is 2.92 bits per heavy atom. The third-order valence-electron chi connectivity index (χ3n) is 4.34. The zero-order valence-electron chi connectivity index (χ0n) is 13.6. The molecule has 0 unspecified atom stereocenters. The van der Waals surface area contributed by atoms with E-state index < -0.39 is 0 Å². The number of benzene rings is 1. The van der Waals surface area contributed by atoms with Crippen LogP contribution in [0.15, 0.2) is 36.7 Å². The first-order valence-electron chi connectivity index (χ1n) is 7.83. The highest BCUT2D eigenvalue weighted by Crippen LogP contribution is 2.27. The molecule has 7 heteroatoms. The van der Waals surface area contributed by atoms with E-state index in [0.717, 1.165) is 23.2 Å². The number of nitrogens with one attached hydrogen (secondary N) is 2. The van der Waals surface area contributed by atoms with E-state index in [9.17, 15) is 9.90 Å². The van der Waals surface area contributed by atoms with Crippen LogP contribution in [-0.2, 0) is 25.0 Å². The molecule has 0 saturated carbocycles. The van der Waals surface area contributed by atoms with Gasteiger partial charge in [0.25, 0.3) is 0 Å². The van der Waals surface area contributed by atoms with Gasteiger partial charge in [-0.3, -0.25) is 9.48 Å².